The third-order valence-electron chi connectivity index (χ3n) is 4.59. The minimum absolute atomic E-state index is 0.0137. The number of alkyl halides is 3. The lowest BCUT2D eigenvalue weighted by Crippen LogP contribution is -2.16. The molecule has 30 heavy (non-hydrogen) atoms. The summed E-state index contributed by atoms with van der Waals surface area (Å²) in [6.07, 6.45) is -2.02. The van der Waals surface area contributed by atoms with Gasteiger partial charge in [-0.05, 0) is 43.3 Å². The molecule has 4 rings (SSSR count). The molecule has 0 unspecified atom stereocenters. The topological polar surface area (TPSA) is 82.2 Å². The van der Waals surface area contributed by atoms with Crippen molar-refractivity contribution in [2.24, 2.45) is 0 Å². The molecule has 1 amide bonds. The van der Waals surface area contributed by atoms with Gasteiger partial charge in [0.05, 0.1) is 24.0 Å². The van der Waals surface area contributed by atoms with Gasteiger partial charge in [0.15, 0.2) is 5.76 Å². The van der Waals surface area contributed by atoms with Crippen molar-refractivity contribution in [3.63, 3.8) is 0 Å². The second-order valence-electron chi connectivity index (χ2n) is 6.44. The molecule has 0 aliphatic carbocycles. The van der Waals surface area contributed by atoms with Crippen LogP contribution in [0.5, 0.6) is 5.75 Å². The molecule has 0 aliphatic heterocycles. The summed E-state index contributed by atoms with van der Waals surface area (Å²) in [4.78, 5) is 16.7. The molecule has 0 radical (unpaired) electrons. The van der Waals surface area contributed by atoms with Crippen LogP contribution in [0.3, 0.4) is 0 Å². The van der Waals surface area contributed by atoms with E-state index in [0.29, 0.717) is 22.3 Å². The Labute approximate surface area is 168 Å². The third-order valence-corrected chi connectivity index (χ3v) is 4.59. The SMILES string of the molecule is COc1ccc2oc(C(=O)Nc3cc(C(F)(F)F)ccc3-n3cncn3)c(C)c2c1. The van der Waals surface area contributed by atoms with Gasteiger partial charge in [0, 0.05) is 10.9 Å². The van der Waals surface area contributed by atoms with Crippen molar-refractivity contribution in [3.05, 3.63) is 65.9 Å². The Hall–Kier alpha value is -3.82. The van der Waals surface area contributed by atoms with E-state index in [9.17, 15) is 18.0 Å². The fourth-order valence-corrected chi connectivity index (χ4v) is 3.07. The molecule has 0 aliphatic rings. The Morgan fingerprint density at radius 1 is 1.20 bits per heavy atom. The van der Waals surface area contributed by atoms with Crippen molar-refractivity contribution in [1.82, 2.24) is 14.8 Å². The van der Waals surface area contributed by atoms with Gasteiger partial charge < -0.3 is 14.5 Å². The lowest BCUT2D eigenvalue weighted by atomic mass is 10.1. The Balaban J connectivity index is 1.75. The number of halogens is 3. The number of rotatable bonds is 4. The number of carbonyl (C=O) groups excluding carboxylic acids is 1. The molecule has 0 saturated heterocycles. The van der Waals surface area contributed by atoms with Gasteiger partial charge in [-0.3, -0.25) is 4.79 Å². The van der Waals surface area contributed by atoms with Crippen molar-refractivity contribution in [2.75, 3.05) is 12.4 Å². The molecule has 0 bridgehead atoms. The number of ether oxygens (including phenoxy) is 1. The monoisotopic (exact) mass is 416 g/mol. The van der Waals surface area contributed by atoms with E-state index in [1.165, 1.54) is 30.5 Å². The van der Waals surface area contributed by atoms with Crippen molar-refractivity contribution < 1.29 is 27.1 Å². The first-order valence-electron chi connectivity index (χ1n) is 8.72. The van der Waals surface area contributed by atoms with Gasteiger partial charge in [-0.25, -0.2) is 9.67 Å². The van der Waals surface area contributed by atoms with E-state index >= 15 is 0 Å². The highest BCUT2D eigenvalue weighted by Crippen LogP contribution is 2.34. The van der Waals surface area contributed by atoms with Crippen molar-refractivity contribution in [2.45, 2.75) is 13.1 Å². The second-order valence-corrected chi connectivity index (χ2v) is 6.44. The summed E-state index contributed by atoms with van der Waals surface area (Å²) in [7, 11) is 1.52. The van der Waals surface area contributed by atoms with Crippen molar-refractivity contribution in [1.29, 1.82) is 0 Å². The predicted octanol–water partition coefficient (Wildman–Crippen LogP) is 4.60. The molecule has 2 heterocycles. The Morgan fingerprint density at radius 2 is 2.00 bits per heavy atom. The summed E-state index contributed by atoms with van der Waals surface area (Å²) in [5.41, 5.74) is 0.226. The second kappa shape index (κ2) is 7.21. The first kappa shape index (κ1) is 19.5. The first-order chi connectivity index (χ1) is 14.3. The van der Waals surface area contributed by atoms with E-state index < -0.39 is 17.6 Å². The molecule has 7 nitrogen and oxygen atoms in total. The highest BCUT2D eigenvalue weighted by Gasteiger charge is 2.31. The Kier molecular flexibility index (Phi) is 4.69. The number of carbonyl (C=O) groups is 1. The molecular weight excluding hydrogens is 401 g/mol. The van der Waals surface area contributed by atoms with Gasteiger partial charge in [-0.2, -0.15) is 18.3 Å². The molecule has 0 saturated carbocycles. The predicted molar refractivity (Wildman–Crippen MR) is 102 cm³/mol. The minimum Gasteiger partial charge on any atom is -0.497 e. The van der Waals surface area contributed by atoms with Crippen LogP contribution >= 0.6 is 0 Å². The standard InChI is InChI=1S/C20H15F3N4O3/c1-11-14-8-13(29-2)4-6-17(14)30-18(11)19(28)26-15-7-12(20(21,22)23)3-5-16(15)27-10-24-9-25-27/h3-10H,1-2H3,(H,26,28). The molecule has 4 aromatic rings. The highest BCUT2D eigenvalue weighted by molar-refractivity contribution is 6.07. The largest absolute Gasteiger partial charge is 0.497 e. The normalized spacial score (nSPS) is 11.6. The molecule has 0 spiro atoms. The molecule has 2 aromatic carbocycles. The van der Waals surface area contributed by atoms with E-state index in [0.717, 1.165) is 12.1 Å². The summed E-state index contributed by atoms with van der Waals surface area (Å²) >= 11 is 0. The summed E-state index contributed by atoms with van der Waals surface area (Å²) in [5, 5.41) is 7.10. The quantitative estimate of drug-likeness (QED) is 0.526. The average molecular weight is 416 g/mol. The number of aromatic nitrogens is 3. The lowest BCUT2D eigenvalue weighted by molar-refractivity contribution is -0.137. The summed E-state index contributed by atoms with van der Waals surface area (Å²) in [6.45, 7) is 1.69. The van der Waals surface area contributed by atoms with E-state index in [2.05, 4.69) is 15.4 Å². The molecule has 10 heteroatoms. The number of nitrogens with zero attached hydrogens (tertiary/aromatic N) is 3. The van der Waals surface area contributed by atoms with E-state index in [1.54, 1.807) is 25.1 Å². The van der Waals surface area contributed by atoms with Gasteiger partial charge >= 0.3 is 6.18 Å². The number of methoxy groups -OCH3 is 1. The molecule has 154 valence electrons. The first-order valence-corrected chi connectivity index (χ1v) is 8.72. The molecule has 0 fully saturated rings. The molecule has 1 N–H and O–H groups in total. The van der Waals surface area contributed by atoms with E-state index in [1.807, 2.05) is 0 Å². The number of nitrogens with one attached hydrogen (secondary N) is 1. The highest BCUT2D eigenvalue weighted by atomic mass is 19.4. The van der Waals surface area contributed by atoms with Crippen LogP contribution in [-0.2, 0) is 6.18 Å². The van der Waals surface area contributed by atoms with Gasteiger partial charge in [0.25, 0.3) is 5.91 Å². The van der Waals surface area contributed by atoms with Crippen LogP contribution in [0.1, 0.15) is 21.7 Å². The summed E-state index contributed by atoms with van der Waals surface area (Å²) < 4.78 is 51.7. The van der Waals surface area contributed by atoms with Gasteiger partial charge in [-0.15, -0.1) is 0 Å². The molecule has 0 atom stereocenters. The van der Waals surface area contributed by atoms with Crippen LogP contribution in [0, 0.1) is 6.92 Å². The number of fused-ring (bicyclic) bond motifs is 1. The average Bonchev–Trinajstić information content (AvgIpc) is 3.35. The number of aryl methyl sites for hydroxylation is 1. The summed E-state index contributed by atoms with van der Waals surface area (Å²) in [5.74, 6) is -0.117. The van der Waals surface area contributed by atoms with Gasteiger partial charge in [0.1, 0.15) is 24.0 Å². The van der Waals surface area contributed by atoms with Crippen molar-refractivity contribution in [3.8, 4) is 11.4 Å². The van der Waals surface area contributed by atoms with Gasteiger partial charge in [0.2, 0.25) is 0 Å². The number of benzene rings is 2. The maximum atomic E-state index is 13.2. The fourth-order valence-electron chi connectivity index (χ4n) is 3.07. The van der Waals surface area contributed by atoms with Crippen molar-refractivity contribution >= 4 is 22.6 Å². The Bertz CT molecular complexity index is 1230. The van der Waals surface area contributed by atoms with E-state index in [-0.39, 0.29) is 17.1 Å². The van der Waals surface area contributed by atoms with Crippen LogP contribution in [0.2, 0.25) is 0 Å². The van der Waals surface area contributed by atoms with Gasteiger partial charge in [-0.1, -0.05) is 0 Å². The number of hydrogen-bond acceptors (Lipinski definition) is 5. The van der Waals surface area contributed by atoms with Crippen LogP contribution in [0.25, 0.3) is 16.7 Å². The number of amides is 1. The zero-order chi connectivity index (χ0) is 21.5. The zero-order valence-electron chi connectivity index (χ0n) is 15.8. The fraction of sp³-hybridized carbons (Fsp3) is 0.150. The molecule has 2 aromatic heterocycles. The van der Waals surface area contributed by atoms with Crippen LogP contribution in [0.15, 0.2) is 53.5 Å². The van der Waals surface area contributed by atoms with E-state index in [4.69, 9.17) is 9.15 Å². The number of anilines is 1. The number of furan rings is 1. The maximum absolute atomic E-state index is 13.2. The third kappa shape index (κ3) is 3.47. The minimum atomic E-state index is -4.58. The van der Waals surface area contributed by atoms with Crippen LogP contribution in [-0.4, -0.2) is 27.8 Å². The zero-order valence-corrected chi connectivity index (χ0v) is 15.8. The summed E-state index contributed by atoms with van der Waals surface area (Å²) in [6, 6.07) is 8.02. The lowest BCUT2D eigenvalue weighted by Gasteiger charge is -2.14. The number of hydrogen-bond donors (Lipinski definition) is 1. The Morgan fingerprint density at radius 3 is 2.67 bits per heavy atom. The van der Waals surface area contributed by atoms with Crippen LogP contribution in [0.4, 0.5) is 18.9 Å². The molecular formula is C20H15F3N4O3. The smallest absolute Gasteiger partial charge is 0.416 e. The van der Waals surface area contributed by atoms with Crippen LogP contribution < -0.4 is 10.1 Å². The maximum Gasteiger partial charge on any atom is 0.416 e.